The Hall–Kier alpha value is -2.92. The van der Waals surface area contributed by atoms with Crippen LogP contribution in [0.25, 0.3) is 10.3 Å². The fourth-order valence-corrected chi connectivity index (χ4v) is 5.76. The molecule has 0 radical (unpaired) electrons. The second kappa shape index (κ2) is 6.85. The molecule has 3 aromatic heterocycles. The third-order valence-electron chi connectivity index (χ3n) is 6.21. The minimum Gasteiger partial charge on any atom is -0.368 e. The van der Waals surface area contributed by atoms with Crippen molar-refractivity contribution in [2.75, 3.05) is 29.4 Å². The van der Waals surface area contributed by atoms with Gasteiger partial charge in [0, 0.05) is 38.9 Å². The predicted molar refractivity (Wildman–Crippen MR) is 115 cm³/mol. The highest BCUT2D eigenvalue weighted by Crippen LogP contribution is 2.38. The number of aromatic nitrogens is 3. The molecular formula is C21H22N6OS. The standard InChI is InChI=1S/C21H22N6OS/c1-13-24-18-19(15(11-22)20(28)25(2)21(18)29-13)26-9-7-16-14(12-26)6-10-27(16)17-5-3-4-8-23-17/h3-5,8,14,16H,6-7,9-10,12H2,1-2H3/t14-,16+/m1/s1. The van der Waals surface area contributed by atoms with Gasteiger partial charge in [0.25, 0.3) is 5.56 Å². The van der Waals surface area contributed by atoms with Crippen LogP contribution >= 0.6 is 11.3 Å². The molecule has 0 unspecified atom stereocenters. The first-order valence-electron chi connectivity index (χ1n) is 9.91. The van der Waals surface area contributed by atoms with Gasteiger partial charge in [0.15, 0.2) is 0 Å². The van der Waals surface area contributed by atoms with E-state index in [2.05, 4.69) is 26.9 Å². The van der Waals surface area contributed by atoms with E-state index in [1.807, 2.05) is 25.3 Å². The Labute approximate surface area is 172 Å². The highest BCUT2D eigenvalue weighted by Gasteiger charge is 2.40. The van der Waals surface area contributed by atoms with Crippen molar-refractivity contribution in [1.82, 2.24) is 14.5 Å². The Balaban J connectivity index is 1.52. The lowest BCUT2D eigenvalue weighted by molar-refractivity contribution is 0.395. The molecule has 5 rings (SSSR count). The van der Waals surface area contributed by atoms with Crippen LogP contribution in [-0.2, 0) is 7.05 Å². The largest absolute Gasteiger partial charge is 0.368 e. The Morgan fingerprint density at radius 1 is 1.28 bits per heavy atom. The number of piperidine rings is 1. The molecule has 29 heavy (non-hydrogen) atoms. The van der Waals surface area contributed by atoms with E-state index < -0.39 is 0 Å². The molecule has 2 atom stereocenters. The molecule has 0 saturated carbocycles. The quantitative estimate of drug-likeness (QED) is 0.651. The number of fused-ring (bicyclic) bond motifs is 2. The summed E-state index contributed by atoms with van der Waals surface area (Å²) in [4.78, 5) is 27.5. The number of rotatable bonds is 2. The van der Waals surface area contributed by atoms with Crippen molar-refractivity contribution in [3.05, 3.63) is 45.3 Å². The molecule has 2 aliphatic rings. The Bertz CT molecular complexity index is 1180. The molecule has 2 aliphatic heterocycles. The van der Waals surface area contributed by atoms with Crippen LogP contribution in [0.15, 0.2) is 29.2 Å². The van der Waals surface area contributed by atoms with Crippen LogP contribution in [0.1, 0.15) is 23.4 Å². The maximum absolute atomic E-state index is 12.8. The minimum atomic E-state index is -0.234. The average molecular weight is 407 g/mol. The molecule has 5 heterocycles. The van der Waals surface area contributed by atoms with Gasteiger partial charge in [-0.25, -0.2) is 9.97 Å². The van der Waals surface area contributed by atoms with Crippen molar-refractivity contribution < 1.29 is 0 Å². The lowest BCUT2D eigenvalue weighted by Crippen LogP contribution is -2.47. The van der Waals surface area contributed by atoms with E-state index in [0.29, 0.717) is 12.0 Å². The molecule has 0 aromatic carbocycles. The molecule has 0 aliphatic carbocycles. The van der Waals surface area contributed by atoms with Gasteiger partial charge in [-0.1, -0.05) is 6.07 Å². The van der Waals surface area contributed by atoms with Crippen LogP contribution < -0.4 is 15.4 Å². The van der Waals surface area contributed by atoms with Crippen molar-refractivity contribution in [2.45, 2.75) is 25.8 Å². The first-order chi connectivity index (χ1) is 14.1. The monoisotopic (exact) mass is 406 g/mol. The van der Waals surface area contributed by atoms with Crippen molar-refractivity contribution in [1.29, 1.82) is 5.26 Å². The third-order valence-corrected chi connectivity index (χ3v) is 7.25. The maximum Gasteiger partial charge on any atom is 0.271 e. The van der Waals surface area contributed by atoms with Gasteiger partial charge in [-0.2, -0.15) is 5.26 Å². The molecule has 2 saturated heterocycles. The van der Waals surface area contributed by atoms with Gasteiger partial charge >= 0.3 is 0 Å². The first-order valence-corrected chi connectivity index (χ1v) is 10.7. The molecule has 0 N–H and O–H groups in total. The van der Waals surface area contributed by atoms with Crippen molar-refractivity contribution >= 4 is 33.2 Å². The number of pyridine rings is 2. The molecule has 0 bridgehead atoms. The summed E-state index contributed by atoms with van der Waals surface area (Å²) < 4.78 is 1.56. The van der Waals surface area contributed by atoms with Crippen LogP contribution in [0.4, 0.5) is 11.5 Å². The lowest BCUT2D eigenvalue weighted by atomic mass is 9.92. The second-order valence-electron chi connectivity index (χ2n) is 7.82. The molecule has 0 spiro atoms. The van der Waals surface area contributed by atoms with Gasteiger partial charge < -0.3 is 14.4 Å². The SMILES string of the molecule is Cc1nc2c(N3CC[C@H]4[C@H](CCN4c4ccccn4)C3)c(C#N)c(=O)n(C)c2s1. The zero-order valence-electron chi connectivity index (χ0n) is 16.5. The summed E-state index contributed by atoms with van der Waals surface area (Å²) in [5.74, 6) is 1.52. The second-order valence-corrected chi connectivity index (χ2v) is 9.00. The number of anilines is 2. The van der Waals surface area contributed by atoms with Gasteiger partial charge in [0.1, 0.15) is 27.8 Å². The Morgan fingerprint density at radius 3 is 2.90 bits per heavy atom. The number of nitriles is 1. The van der Waals surface area contributed by atoms with Crippen LogP contribution in [-0.4, -0.2) is 40.2 Å². The summed E-state index contributed by atoms with van der Waals surface area (Å²) in [6.45, 7) is 4.57. The fourth-order valence-electron chi connectivity index (χ4n) is 4.88. The summed E-state index contributed by atoms with van der Waals surface area (Å²) in [5, 5.41) is 10.7. The molecule has 2 fully saturated rings. The summed E-state index contributed by atoms with van der Waals surface area (Å²) in [7, 11) is 1.72. The zero-order chi connectivity index (χ0) is 20.1. The van der Waals surface area contributed by atoms with Gasteiger partial charge in [-0.3, -0.25) is 4.79 Å². The molecule has 7 nitrogen and oxygen atoms in total. The van der Waals surface area contributed by atoms with Gasteiger partial charge in [0.05, 0.1) is 10.7 Å². The van der Waals surface area contributed by atoms with Gasteiger partial charge in [0.2, 0.25) is 0 Å². The van der Waals surface area contributed by atoms with E-state index in [1.165, 1.54) is 11.3 Å². The van der Waals surface area contributed by atoms with Crippen LogP contribution in [0.3, 0.4) is 0 Å². The highest BCUT2D eigenvalue weighted by molar-refractivity contribution is 7.18. The smallest absolute Gasteiger partial charge is 0.271 e. The van der Waals surface area contributed by atoms with E-state index >= 15 is 0 Å². The van der Waals surface area contributed by atoms with Crippen LogP contribution in [0, 0.1) is 24.2 Å². The topological polar surface area (TPSA) is 78.1 Å². The number of thiazole rings is 1. The van der Waals surface area contributed by atoms with Crippen molar-refractivity contribution in [3.63, 3.8) is 0 Å². The Kier molecular flexibility index (Phi) is 4.28. The van der Waals surface area contributed by atoms with E-state index in [9.17, 15) is 10.1 Å². The van der Waals surface area contributed by atoms with Crippen molar-refractivity contribution in [2.24, 2.45) is 13.0 Å². The highest BCUT2D eigenvalue weighted by atomic mass is 32.1. The van der Waals surface area contributed by atoms with E-state index in [0.717, 1.165) is 59.3 Å². The van der Waals surface area contributed by atoms with Gasteiger partial charge in [-0.05, 0) is 37.8 Å². The van der Waals surface area contributed by atoms with E-state index in [-0.39, 0.29) is 11.1 Å². The summed E-state index contributed by atoms with van der Waals surface area (Å²) in [5.41, 5.74) is 1.49. The Morgan fingerprint density at radius 2 is 2.14 bits per heavy atom. The van der Waals surface area contributed by atoms with E-state index in [4.69, 9.17) is 4.98 Å². The third kappa shape index (κ3) is 2.80. The number of hydrogen-bond acceptors (Lipinski definition) is 7. The average Bonchev–Trinajstić information content (AvgIpc) is 3.34. The summed E-state index contributed by atoms with van der Waals surface area (Å²) in [6, 6.07) is 8.67. The summed E-state index contributed by atoms with van der Waals surface area (Å²) >= 11 is 1.51. The van der Waals surface area contributed by atoms with Crippen LogP contribution in [0.2, 0.25) is 0 Å². The fraction of sp³-hybridized carbons (Fsp3) is 0.429. The molecular weight excluding hydrogens is 384 g/mol. The lowest BCUT2D eigenvalue weighted by Gasteiger charge is -2.39. The predicted octanol–water partition coefficient (Wildman–Crippen LogP) is 2.68. The summed E-state index contributed by atoms with van der Waals surface area (Å²) in [6.07, 6.45) is 3.91. The molecule has 0 amide bonds. The number of nitrogens with zero attached hydrogens (tertiary/aromatic N) is 6. The minimum absolute atomic E-state index is 0.211. The number of aryl methyl sites for hydroxylation is 2. The maximum atomic E-state index is 12.8. The van der Waals surface area contributed by atoms with Crippen LogP contribution in [0.5, 0.6) is 0 Å². The van der Waals surface area contributed by atoms with E-state index in [1.54, 1.807) is 11.6 Å². The molecule has 148 valence electrons. The zero-order valence-corrected chi connectivity index (χ0v) is 17.3. The number of hydrogen-bond donors (Lipinski definition) is 0. The van der Waals surface area contributed by atoms with Crippen molar-refractivity contribution in [3.8, 4) is 6.07 Å². The first kappa shape index (κ1) is 18.1. The molecule has 8 heteroatoms. The normalized spacial score (nSPS) is 21.4. The van der Waals surface area contributed by atoms with Gasteiger partial charge in [-0.15, -0.1) is 11.3 Å². The molecule has 3 aromatic rings.